The summed E-state index contributed by atoms with van der Waals surface area (Å²) in [6, 6.07) is 0.446. The molecule has 0 aliphatic heterocycles. The van der Waals surface area contributed by atoms with Crippen LogP contribution in [0.5, 0.6) is 0 Å². The molecule has 1 aromatic heterocycles. The van der Waals surface area contributed by atoms with Crippen LogP contribution in [0, 0.1) is 0 Å². The quantitative estimate of drug-likeness (QED) is 0.827. The zero-order chi connectivity index (χ0) is 11.3. The van der Waals surface area contributed by atoms with Gasteiger partial charge in [-0.25, -0.2) is 0 Å². The minimum atomic E-state index is 0. The average molecular weight is 247 g/mol. The minimum Gasteiger partial charge on any atom is -0.318 e. The second-order valence-electron chi connectivity index (χ2n) is 4.26. The van der Waals surface area contributed by atoms with E-state index in [9.17, 15) is 0 Å². The van der Waals surface area contributed by atoms with Gasteiger partial charge in [-0.2, -0.15) is 5.10 Å². The molecule has 0 bridgehead atoms. The molecule has 16 heavy (non-hydrogen) atoms. The van der Waals surface area contributed by atoms with Crippen molar-refractivity contribution in [1.82, 2.24) is 20.0 Å². The third-order valence-electron chi connectivity index (χ3n) is 2.38. The maximum Gasteiger partial charge on any atom is 0.0534 e. The van der Waals surface area contributed by atoms with Crippen molar-refractivity contribution in [3.63, 3.8) is 0 Å². The Kier molecular flexibility index (Phi) is 7.38. The largest absolute Gasteiger partial charge is 0.318 e. The Hall–Kier alpha value is -0.580. The molecule has 0 aliphatic rings. The molecule has 1 aromatic rings. The Morgan fingerprint density at radius 2 is 2.19 bits per heavy atom. The van der Waals surface area contributed by atoms with Gasteiger partial charge in [0.15, 0.2) is 0 Å². The van der Waals surface area contributed by atoms with Gasteiger partial charge >= 0.3 is 0 Å². The number of hydrogen-bond acceptors (Lipinski definition) is 3. The first kappa shape index (κ1) is 15.4. The second kappa shape index (κ2) is 7.65. The summed E-state index contributed by atoms with van der Waals surface area (Å²) in [6.45, 7) is 7.33. The highest BCUT2D eigenvalue weighted by Crippen LogP contribution is 2.06. The fourth-order valence-electron chi connectivity index (χ4n) is 1.43. The van der Waals surface area contributed by atoms with E-state index in [1.54, 1.807) is 0 Å². The van der Waals surface area contributed by atoms with Crippen LogP contribution in [0.2, 0.25) is 0 Å². The average Bonchev–Trinajstić information content (AvgIpc) is 2.63. The molecule has 94 valence electrons. The summed E-state index contributed by atoms with van der Waals surface area (Å²) in [5, 5.41) is 7.47. The number of aromatic nitrogens is 2. The zero-order valence-corrected chi connectivity index (χ0v) is 11.4. The highest BCUT2D eigenvalue weighted by atomic mass is 35.5. The van der Waals surface area contributed by atoms with Gasteiger partial charge in [0, 0.05) is 37.4 Å². The van der Waals surface area contributed by atoms with Crippen LogP contribution in [0.3, 0.4) is 0 Å². The lowest BCUT2D eigenvalue weighted by Crippen LogP contribution is -2.26. The van der Waals surface area contributed by atoms with Gasteiger partial charge in [0.05, 0.1) is 6.20 Å². The number of likely N-dealkylation sites (N-methyl/N-ethyl adjacent to an activating group) is 2. The van der Waals surface area contributed by atoms with E-state index < -0.39 is 0 Å². The molecule has 1 N–H and O–H groups in total. The van der Waals surface area contributed by atoms with Crippen LogP contribution in [0.4, 0.5) is 0 Å². The lowest BCUT2D eigenvalue weighted by molar-refractivity contribution is 0.328. The molecular formula is C11H23ClN4. The topological polar surface area (TPSA) is 33.1 Å². The number of nitrogens with one attached hydrogen (secondary N) is 1. The number of rotatable bonds is 6. The summed E-state index contributed by atoms with van der Waals surface area (Å²) >= 11 is 0. The van der Waals surface area contributed by atoms with Crippen LogP contribution in [-0.4, -0.2) is 41.9 Å². The number of hydrogen-bond donors (Lipinski definition) is 1. The van der Waals surface area contributed by atoms with Crippen molar-refractivity contribution in [3.8, 4) is 0 Å². The Morgan fingerprint density at radius 3 is 2.69 bits per heavy atom. The molecule has 5 heteroatoms. The van der Waals surface area contributed by atoms with Gasteiger partial charge in [0.2, 0.25) is 0 Å². The van der Waals surface area contributed by atoms with Crippen LogP contribution in [0.15, 0.2) is 12.4 Å². The van der Waals surface area contributed by atoms with E-state index in [2.05, 4.69) is 42.4 Å². The van der Waals surface area contributed by atoms with Gasteiger partial charge in [0.25, 0.3) is 0 Å². The van der Waals surface area contributed by atoms with E-state index in [1.165, 1.54) is 5.56 Å². The van der Waals surface area contributed by atoms with Crippen LogP contribution in [0.25, 0.3) is 0 Å². The van der Waals surface area contributed by atoms with Crippen molar-refractivity contribution in [2.24, 2.45) is 0 Å². The third-order valence-corrected chi connectivity index (χ3v) is 2.38. The van der Waals surface area contributed by atoms with Gasteiger partial charge in [-0.15, -0.1) is 12.4 Å². The van der Waals surface area contributed by atoms with Gasteiger partial charge in [0.1, 0.15) is 0 Å². The van der Waals surface area contributed by atoms with E-state index in [0.717, 1.165) is 19.6 Å². The Balaban J connectivity index is 0.00000225. The molecule has 1 heterocycles. The predicted octanol–water partition coefficient (Wildman–Crippen LogP) is 1.54. The molecule has 0 aliphatic carbocycles. The SMILES string of the molecule is CNCCN(C)Cc1cnn(C(C)C)c1.Cl. The van der Waals surface area contributed by atoms with Gasteiger partial charge in [-0.3, -0.25) is 4.68 Å². The first-order valence-corrected chi connectivity index (χ1v) is 5.49. The summed E-state index contributed by atoms with van der Waals surface area (Å²) in [5.74, 6) is 0. The van der Waals surface area contributed by atoms with E-state index in [1.807, 2.05) is 17.9 Å². The normalized spacial score (nSPS) is 10.9. The highest BCUT2D eigenvalue weighted by Gasteiger charge is 2.04. The predicted molar refractivity (Wildman–Crippen MR) is 70.1 cm³/mol. The molecule has 0 amide bonds. The zero-order valence-electron chi connectivity index (χ0n) is 10.6. The van der Waals surface area contributed by atoms with Crippen LogP contribution < -0.4 is 5.32 Å². The van der Waals surface area contributed by atoms with Crippen molar-refractivity contribution in [2.75, 3.05) is 27.2 Å². The fourth-order valence-corrected chi connectivity index (χ4v) is 1.43. The maximum absolute atomic E-state index is 4.32. The molecule has 0 fully saturated rings. The molecule has 0 spiro atoms. The molecule has 0 unspecified atom stereocenters. The van der Waals surface area contributed by atoms with E-state index in [-0.39, 0.29) is 12.4 Å². The van der Waals surface area contributed by atoms with Crippen molar-refractivity contribution in [3.05, 3.63) is 18.0 Å². The van der Waals surface area contributed by atoms with E-state index >= 15 is 0 Å². The fraction of sp³-hybridized carbons (Fsp3) is 0.727. The van der Waals surface area contributed by atoms with Crippen molar-refractivity contribution < 1.29 is 0 Å². The second-order valence-corrected chi connectivity index (χ2v) is 4.26. The summed E-state index contributed by atoms with van der Waals surface area (Å²) < 4.78 is 2.00. The smallest absolute Gasteiger partial charge is 0.0534 e. The Labute approximate surface area is 104 Å². The number of nitrogens with zero attached hydrogens (tertiary/aromatic N) is 3. The first-order chi connectivity index (χ1) is 7.13. The summed E-state index contributed by atoms with van der Waals surface area (Å²) in [4.78, 5) is 2.29. The van der Waals surface area contributed by atoms with E-state index in [4.69, 9.17) is 0 Å². The van der Waals surface area contributed by atoms with Crippen LogP contribution in [-0.2, 0) is 6.54 Å². The first-order valence-electron chi connectivity index (χ1n) is 5.49. The van der Waals surface area contributed by atoms with Crippen molar-refractivity contribution in [1.29, 1.82) is 0 Å². The van der Waals surface area contributed by atoms with Crippen molar-refractivity contribution in [2.45, 2.75) is 26.4 Å². The van der Waals surface area contributed by atoms with E-state index in [0.29, 0.717) is 6.04 Å². The summed E-state index contributed by atoms with van der Waals surface area (Å²) in [5.41, 5.74) is 1.28. The van der Waals surface area contributed by atoms with Crippen LogP contribution >= 0.6 is 12.4 Å². The molecule has 4 nitrogen and oxygen atoms in total. The molecule has 0 atom stereocenters. The van der Waals surface area contributed by atoms with Gasteiger partial charge in [-0.1, -0.05) is 0 Å². The highest BCUT2D eigenvalue weighted by molar-refractivity contribution is 5.85. The monoisotopic (exact) mass is 246 g/mol. The maximum atomic E-state index is 4.32. The Bertz CT molecular complexity index is 285. The van der Waals surface area contributed by atoms with Crippen LogP contribution in [0.1, 0.15) is 25.5 Å². The Morgan fingerprint density at radius 1 is 1.50 bits per heavy atom. The molecule has 0 radical (unpaired) electrons. The lowest BCUT2D eigenvalue weighted by atomic mass is 10.3. The van der Waals surface area contributed by atoms with Crippen molar-refractivity contribution >= 4 is 12.4 Å². The minimum absolute atomic E-state index is 0. The number of halogens is 1. The molecule has 1 rings (SSSR count). The molecule has 0 saturated heterocycles. The third kappa shape index (κ3) is 4.96. The van der Waals surface area contributed by atoms with Gasteiger partial charge < -0.3 is 10.2 Å². The molecular weight excluding hydrogens is 224 g/mol. The molecule has 0 saturated carbocycles. The van der Waals surface area contributed by atoms with Gasteiger partial charge in [-0.05, 0) is 27.9 Å². The summed E-state index contributed by atoms with van der Waals surface area (Å²) in [7, 11) is 4.11. The molecule has 0 aromatic carbocycles. The lowest BCUT2D eigenvalue weighted by Gasteiger charge is -2.14. The summed E-state index contributed by atoms with van der Waals surface area (Å²) in [6.07, 6.45) is 4.08. The standard InChI is InChI=1S/C11H22N4.ClH/c1-10(2)15-9-11(7-13-15)8-14(4)6-5-12-3;/h7,9-10,12H,5-6,8H2,1-4H3;1H.